The molecular weight excluding hydrogens is 236 g/mol. The van der Waals surface area contributed by atoms with E-state index >= 15 is 0 Å². The Morgan fingerprint density at radius 1 is 1.16 bits per heavy atom. The zero-order chi connectivity index (χ0) is 13.8. The van der Waals surface area contributed by atoms with E-state index in [2.05, 4.69) is 20.8 Å². The Kier molecular flexibility index (Phi) is 5.70. The lowest BCUT2D eigenvalue weighted by atomic mass is 9.75. The minimum absolute atomic E-state index is 0.0604. The highest BCUT2D eigenvalue weighted by molar-refractivity contribution is 4.82. The molecule has 1 N–H and O–H groups in total. The molecule has 2 aliphatic carbocycles. The Morgan fingerprint density at radius 2 is 1.95 bits per heavy atom. The van der Waals surface area contributed by atoms with E-state index in [1.165, 1.54) is 32.1 Å². The fourth-order valence-corrected chi connectivity index (χ4v) is 4.03. The lowest BCUT2D eigenvalue weighted by molar-refractivity contribution is -0.0458. The van der Waals surface area contributed by atoms with Crippen molar-refractivity contribution in [2.45, 2.75) is 77.9 Å². The predicted molar refractivity (Wildman–Crippen MR) is 79.0 cm³/mol. The molecule has 2 saturated carbocycles. The first-order chi connectivity index (χ1) is 9.08. The standard InChI is InChI=1S/C17H32O2/c1-12(2)15-8-7-13(3)11-17(15)19-10-9-14-5-4-6-16(14)18/h12-18H,4-11H2,1-3H3. The fraction of sp³-hybridized carbons (Fsp3) is 1.00. The molecule has 112 valence electrons. The quantitative estimate of drug-likeness (QED) is 0.816. The number of rotatable bonds is 5. The van der Waals surface area contributed by atoms with E-state index in [0.29, 0.717) is 12.0 Å². The van der Waals surface area contributed by atoms with Gasteiger partial charge in [-0.05, 0) is 55.8 Å². The van der Waals surface area contributed by atoms with Crippen LogP contribution in [0, 0.1) is 23.7 Å². The number of aliphatic hydroxyl groups is 1. The summed E-state index contributed by atoms with van der Waals surface area (Å²) in [6.07, 6.45) is 8.77. The molecule has 0 bridgehead atoms. The molecule has 5 atom stereocenters. The first kappa shape index (κ1) is 15.3. The third kappa shape index (κ3) is 4.19. The number of aliphatic hydroxyl groups excluding tert-OH is 1. The van der Waals surface area contributed by atoms with Crippen LogP contribution in [0.5, 0.6) is 0 Å². The second kappa shape index (κ2) is 7.08. The summed E-state index contributed by atoms with van der Waals surface area (Å²) in [5, 5.41) is 9.85. The summed E-state index contributed by atoms with van der Waals surface area (Å²) in [5.41, 5.74) is 0. The molecule has 0 radical (unpaired) electrons. The van der Waals surface area contributed by atoms with Crippen LogP contribution in [-0.4, -0.2) is 23.9 Å². The molecule has 0 aromatic carbocycles. The molecule has 19 heavy (non-hydrogen) atoms. The van der Waals surface area contributed by atoms with Gasteiger partial charge in [0.15, 0.2) is 0 Å². The summed E-state index contributed by atoms with van der Waals surface area (Å²) in [4.78, 5) is 0. The van der Waals surface area contributed by atoms with Crippen LogP contribution in [0.2, 0.25) is 0 Å². The minimum Gasteiger partial charge on any atom is -0.393 e. The SMILES string of the molecule is CC1CCC(C(C)C)C(OCCC2CCCC2O)C1. The van der Waals surface area contributed by atoms with Gasteiger partial charge in [-0.25, -0.2) is 0 Å². The minimum atomic E-state index is -0.0604. The van der Waals surface area contributed by atoms with Gasteiger partial charge in [-0.3, -0.25) is 0 Å². The van der Waals surface area contributed by atoms with Gasteiger partial charge >= 0.3 is 0 Å². The molecule has 2 aliphatic rings. The highest BCUT2D eigenvalue weighted by Crippen LogP contribution is 2.36. The van der Waals surface area contributed by atoms with Crippen molar-refractivity contribution in [1.29, 1.82) is 0 Å². The van der Waals surface area contributed by atoms with Gasteiger partial charge in [0.25, 0.3) is 0 Å². The van der Waals surface area contributed by atoms with E-state index in [9.17, 15) is 5.11 Å². The molecule has 0 saturated heterocycles. The van der Waals surface area contributed by atoms with Crippen molar-refractivity contribution >= 4 is 0 Å². The van der Waals surface area contributed by atoms with Gasteiger partial charge in [-0.1, -0.05) is 33.6 Å². The first-order valence-electron chi connectivity index (χ1n) is 8.37. The van der Waals surface area contributed by atoms with Crippen molar-refractivity contribution in [2.24, 2.45) is 23.7 Å². The third-order valence-electron chi connectivity index (χ3n) is 5.40. The van der Waals surface area contributed by atoms with Crippen molar-refractivity contribution < 1.29 is 9.84 Å². The lowest BCUT2D eigenvalue weighted by Gasteiger charge is -2.37. The maximum absolute atomic E-state index is 9.85. The van der Waals surface area contributed by atoms with Crippen LogP contribution in [-0.2, 0) is 4.74 Å². The topological polar surface area (TPSA) is 29.5 Å². The van der Waals surface area contributed by atoms with E-state index in [1.54, 1.807) is 0 Å². The van der Waals surface area contributed by atoms with Crippen LogP contribution >= 0.6 is 0 Å². The fourth-order valence-electron chi connectivity index (χ4n) is 4.03. The van der Waals surface area contributed by atoms with Crippen LogP contribution in [0.25, 0.3) is 0 Å². The van der Waals surface area contributed by atoms with Gasteiger partial charge in [-0.15, -0.1) is 0 Å². The summed E-state index contributed by atoms with van der Waals surface area (Å²) >= 11 is 0. The Balaban J connectivity index is 1.75. The van der Waals surface area contributed by atoms with Crippen LogP contribution in [0.3, 0.4) is 0 Å². The Morgan fingerprint density at radius 3 is 2.58 bits per heavy atom. The average Bonchev–Trinajstić information content (AvgIpc) is 2.75. The molecule has 0 aromatic heterocycles. The molecule has 0 spiro atoms. The monoisotopic (exact) mass is 268 g/mol. The first-order valence-corrected chi connectivity index (χ1v) is 8.37. The maximum atomic E-state index is 9.85. The lowest BCUT2D eigenvalue weighted by Crippen LogP contribution is -2.34. The molecule has 0 heterocycles. The molecule has 2 heteroatoms. The molecule has 2 nitrogen and oxygen atoms in total. The zero-order valence-electron chi connectivity index (χ0n) is 13.0. The highest BCUT2D eigenvalue weighted by Gasteiger charge is 2.32. The van der Waals surface area contributed by atoms with Gasteiger partial charge in [0.1, 0.15) is 0 Å². The Labute approximate surface area is 118 Å². The number of ether oxygens (including phenoxy) is 1. The highest BCUT2D eigenvalue weighted by atomic mass is 16.5. The maximum Gasteiger partial charge on any atom is 0.0608 e. The van der Waals surface area contributed by atoms with Crippen molar-refractivity contribution in [2.75, 3.05) is 6.61 Å². The molecule has 2 rings (SSSR count). The van der Waals surface area contributed by atoms with Gasteiger partial charge < -0.3 is 9.84 Å². The summed E-state index contributed by atoms with van der Waals surface area (Å²) < 4.78 is 6.23. The van der Waals surface area contributed by atoms with Crippen LogP contribution in [0.1, 0.15) is 65.7 Å². The van der Waals surface area contributed by atoms with E-state index in [0.717, 1.165) is 37.2 Å². The Hall–Kier alpha value is -0.0800. The smallest absolute Gasteiger partial charge is 0.0608 e. The third-order valence-corrected chi connectivity index (χ3v) is 5.40. The van der Waals surface area contributed by atoms with E-state index in [4.69, 9.17) is 4.74 Å². The van der Waals surface area contributed by atoms with Crippen LogP contribution in [0.4, 0.5) is 0 Å². The summed E-state index contributed by atoms with van der Waals surface area (Å²) in [7, 11) is 0. The number of hydrogen-bond acceptors (Lipinski definition) is 2. The molecule has 5 unspecified atom stereocenters. The van der Waals surface area contributed by atoms with Crippen molar-refractivity contribution in [3.05, 3.63) is 0 Å². The molecule has 0 amide bonds. The molecular formula is C17H32O2. The normalized spacial score (nSPS) is 39.9. The molecule has 2 fully saturated rings. The van der Waals surface area contributed by atoms with Gasteiger partial charge in [0, 0.05) is 6.61 Å². The predicted octanol–water partition coefficient (Wildman–Crippen LogP) is 4.01. The summed E-state index contributed by atoms with van der Waals surface area (Å²) in [6, 6.07) is 0. The molecule has 0 aliphatic heterocycles. The second-order valence-corrected chi connectivity index (χ2v) is 7.28. The second-order valence-electron chi connectivity index (χ2n) is 7.28. The van der Waals surface area contributed by atoms with Crippen LogP contribution < -0.4 is 0 Å². The van der Waals surface area contributed by atoms with Crippen molar-refractivity contribution in [3.8, 4) is 0 Å². The van der Waals surface area contributed by atoms with Gasteiger partial charge in [0.05, 0.1) is 12.2 Å². The number of hydrogen-bond donors (Lipinski definition) is 1. The average molecular weight is 268 g/mol. The summed E-state index contributed by atoms with van der Waals surface area (Å²) in [5.74, 6) is 2.79. The van der Waals surface area contributed by atoms with Gasteiger partial charge in [-0.2, -0.15) is 0 Å². The van der Waals surface area contributed by atoms with E-state index in [1.807, 2.05) is 0 Å². The van der Waals surface area contributed by atoms with Crippen LogP contribution in [0.15, 0.2) is 0 Å². The van der Waals surface area contributed by atoms with Crippen molar-refractivity contribution in [1.82, 2.24) is 0 Å². The van der Waals surface area contributed by atoms with Crippen molar-refractivity contribution in [3.63, 3.8) is 0 Å². The zero-order valence-corrected chi connectivity index (χ0v) is 13.0. The largest absolute Gasteiger partial charge is 0.393 e. The van der Waals surface area contributed by atoms with E-state index < -0.39 is 0 Å². The van der Waals surface area contributed by atoms with Gasteiger partial charge in [0.2, 0.25) is 0 Å². The Bertz CT molecular complexity index is 264. The van der Waals surface area contributed by atoms with E-state index in [-0.39, 0.29) is 6.10 Å². The summed E-state index contributed by atoms with van der Waals surface area (Å²) in [6.45, 7) is 7.87. The molecule has 0 aromatic rings.